The SMILES string of the molecule is CON=C(C(=N)N)c1ccccc1CO/N=C(/C)C#N. The van der Waals surface area contributed by atoms with Crippen molar-refractivity contribution >= 4 is 17.3 Å². The number of rotatable bonds is 6. The third kappa shape index (κ3) is 4.10. The second-order valence-corrected chi connectivity index (χ2v) is 3.76. The molecule has 0 heterocycles. The van der Waals surface area contributed by atoms with Gasteiger partial charge in [-0.25, -0.2) is 0 Å². The lowest BCUT2D eigenvalue weighted by molar-refractivity contribution is 0.130. The molecular formula is C13H15N5O2. The molecule has 0 radical (unpaired) electrons. The van der Waals surface area contributed by atoms with Gasteiger partial charge in [0.25, 0.3) is 0 Å². The smallest absolute Gasteiger partial charge is 0.153 e. The molecule has 0 unspecified atom stereocenters. The fourth-order valence-corrected chi connectivity index (χ4v) is 1.43. The van der Waals surface area contributed by atoms with E-state index >= 15 is 0 Å². The number of benzene rings is 1. The van der Waals surface area contributed by atoms with E-state index in [9.17, 15) is 0 Å². The van der Waals surface area contributed by atoms with Crippen LogP contribution in [0, 0.1) is 16.7 Å². The molecule has 0 aromatic heterocycles. The second kappa shape index (κ2) is 7.53. The first-order chi connectivity index (χ1) is 9.60. The summed E-state index contributed by atoms with van der Waals surface area (Å²) < 4.78 is 0. The Balaban J connectivity index is 3.02. The molecule has 20 heavy (non-hydrogen) atoms. The normalized spacial score (nSPS) is 11.7. The molecular weight excluding hydrogens is 258 g/mol. The molecule has 1 aromatic carbocycles. The standard InChI is InChI=1S/C13H15N5O2/c1-9(7-14)17-20-8-10-5-3-4-6-11(10)12(13(15)16)18-19-2/h3-6H,8H2,1-2H3,(H3,15,16)/b17-9-,18-12?. The van der Waals surface area contributed by atoms with Gasteiger partial charge in [-0.3, -0.25) is 5.41 Å². The highest BCUT2D eigenvalue weighted by atomic mass is 16.6. The minimum atomic E-state index is -0.212. The number of nitrogens with one attached hydrogen (secondary N) is 1. The fraction of sp³-hybridized carbons (Fsp3) is 0.231. The zero-order valence-corrected chi connectivity index (χ0v) is 11.3. The van der Waals surface area contributed by atoms with Crippen LogP contribution in [0.3, 0.4) is 0 Å². The number of nitrogens with two attached hydrogens (primary N) is 1. The number of oxime groups is 2. The number of nitriles is 1. The summed E-state index contributed by atoms with van der Waals surface area (Å²) in [6.45, 7) is 1.67. The van der Waals surface area contributed by atoms with Crippen molar-refractivity contribution in [3.63, 3.8) is 0 Å². The Kier molecular flexibility index (Phi) is 5.72. The van der Waals surface area contributed by atoms with Crippen LogP contribution in [0.2, 0.25) is 0 Å². The Hall–Kier alpha value is -2.88. The average Bonchev–Trinajstić information content (AvgIpc) is 2.45. The predicted molar refractivity (Wildman–Crippen MR) is 75.4 cm³/mol. The van der Waals surface area contributed by atoms with Gasteiger partial charge in [-0.05, 0) is 6.92 Å². The molecule has 0 aliphatic carbocycles. The number of hydrogen-bond donors (Lipinski definition) is 2. The van der Waals surface area contributed by atoms with Gasteiger partial charge in [0.15, 0.2) is 11.4 Å². The molecule has 0 atom stereocenters. The molecule has 7 heteroatoms. The largest absolute Gasteiger partial charge is 0.399 e. The van der Waals surface area contributed by atoms with E-state index in [0.717, 1.165) is 5.56 Å². The lowest BCUT2D eigenvalue weighted by atomic mass is 10.0. The van der Waals surface area contributed by atoms with E-state index in [2.05, 4.69) is 10.3 Å². The van der Waals surface area contributed by atoms with Crippen LogP contribution in [0.5, 0.6) is 0 Å². The van der Waals surface area contributed by atoms with E-state index in [4.69, 9.17) is 26.1 Å². The van der Waals surface area contributed by atoms with Crippen molar-refractivity contribution in [2.45, 2.75) is 13.5 Å². The van der Waals surface area contributed by atoms with Gasteiger partial charge >= 0.3 is 0 Å². The van der Waals surface area contributed by atoms with Gasteiger partial charge in [0.05, 0.1) is 0 Å². The van der Waals surface area contributed by atoms with Gasteiger partial charge in [0.1, 0.15) is 25.6 Å². The Morgan fingerprint density at radius 2 is 2.10 bits per heavy atom. The minimum Gasteiger partial charge on any atom is -0.399 e. The Morgan fingerprint density at radius 3 is 2.70 bits per heavy atom. The Bertz CT molecular complexity index is 587. The van der Waals surface area contributed by atoms with E-state index in [1.54, 1.807) is 25.1 Å². The quantitative estimate of drug-likeness (QED) is 0.462. The van der Waals surface area contributed by atoms with Gasteiger partial charge in [-0.2, -0.15) is 5.26 Å². The van der Waals surface area contributed by atoms with Crippen molar-refractivity contribution in [3.8, 4) is 6.07 Å². The van der Waals surface area contributed by atoms with Gasteiger partial charge in [-0.15, -0.1) is 0 Å². The third-order valence-electron chi connectivity index (χ3n) is 2.29. The molecule has 0 aliphatic rings. The van der Waals surface area contributed by atoms with Crippen LogP contribution >= 0.6 is 0 Å². The van der Waals surface area contributed by atoms with E-state index in [1.807, 2.05) is 12.1 Å². The van der Waals surface area contributed by atoms with Gasteiger partial charge in [-0.1, -0.05) is 34.6 Å². The Labute approximate surface area is 116 Å². The molecule has 0 fully saturated rings. The van der Waals surface area contributed by atoms with E-state index in [-0.39, 0.29) is 23.9 Å². The van der Waals surface area contributed by atoms with Crippen molar-refractivity contribution in [1.29, 1.82) is 10.7 Å². The summed E-state index contributed by atoms with van der Waals surface area (Å²) >= 11 is 0. The van der Waals surface area contributed by atoms with Crippen LogP contribution in [0.1, 0.15) is 18.1 Å². The highest BCUT2D eigenvalue weighted by Crippen LogP contribution is 2.12. The van der Waals surface area contributed by atoms with Crippen LogP contribution in [0.25, 0.3) is 0 Å². The highest BCUT2D eigenvalue weighted by molar-refractivity contribution is 6.46. The van der Waals surface area contributed by atoms with Crippen molar-refractivity contribution in [3.05, 3.63) is 35.4 Å². The van der Waals surface area contributed by atoms with Crippen LogP contribution in [0.4, 0.5) is 0 Å². The monoisotopic (exact) mass is 273 g/mol. The molecule has 0 spiro atoms. The molecule has 7 nitrogen and oxygen atoms in total. The van der Waals surface area contributed by atoms with Crippen molar-refractivity contribution in [2.75, 3.05) is 7.11 Å². The van der Waals surface area contributed by atoms with Crippen LogP contribution < -0.4 is 5.73 Å². The molecule has 0 saturated carbocycles. The maximum absolute atomic E-state index is 8.58. The van der Waals surface area contributed by atoms with Crippen LogP contribution in [0.15, 0.2) is 34.6 Å². The molecule has 0 amide bonds. The average molecular weight is 273 g/mol. The number of amidine groups is 1. The molecule has 0 aliphatic heterocycles. The molecule has 1 rings (SSSR count). The first-order valence-corrected chi connectivity index (χ1v) is 5.70. The lowest BCUT2D eigenvalue weighted by Gasteiger charge is -2.09. The van der Waals surface area contributed by atoms with Gasteiger partial charge in [0, 0.05) is 11.1 Å². The maximum Gasteiger partial charge on any atom is 0.153 e. The maximum atomic E-state index is 8.58. The summed E-state index contributed by atoms with van der Waals surface area (Å²) in [6.07, 6.45) is 0. The first kappa shape index (κ1) is 15.2. The first-order valence-electron chi connectivity index (χ1n) is 5.70. The zero-order valence-electron chi connectivity index (χ0n) is 11.3. The summed E-state index contributed by atoms with van der Waals surface area (Å²) in [5.74, 6) is -0.212. The van der Waals surface area contributed by atoms with E-state index < -0.39 is 0 Å². The molecule has 0 saturated heterocycles. The Morgan fingerprint density at radius 1 is 1.40 bits per heavy atom. The third-order valence-corrected chi connectivity index (χ3v) is 2.29. The van der Waals surface area contributed by atoms with Crippen molar-refractivity contribution in [1.82, 2.24) is 0 Å². The minimum absolute atomic E-state index is 0.130. The summed E-state index contributed by atoms with van der Waals surface area (Å²) in [7, 11) is 1.38. The number of nitrogens with zero attached hydrogens (tertiary/aromatic N) is 3. The van der Waals surface area contributed by atoms with Crippen molar-refractivity contribution < 1.29 is 9.68 Å². The summed E-state index contributed by atoms with van der Waals surface area (Å²) in [5, 5.41) is 23.5. The summed E-state index contributed by atoms with van der Waals surface area (Å²) in [6, 6.07) is 9.00. The summed E-state index contributed by atoms with van der Waals surface area (Å²) in [4.78, 5) is 9.77. The lowest BCUT2D eigenvalue weighted by Crippen LogP contribution is -2.25. The highest BCUT2D eigenvalue weighted by Gasteiger charge is 2.13. The summed E-state index contributed by atoms with van der Waals surface area (Å²) in [5.41, 5.74) is 7.27. The molecule has 104 valence electrons. The van der Waals surface area contributed by atoms with Crippen LogP contribution in [-0.2, 0) is 16.3 Å². The van der Waals surface area contributed by atoms with E-state index in [1.165, 1.54) is 7.11 Å². The van der Waals surface area contributed by atoms with Gasteiger partial charge in [0.2, 0.25) is 0 Å². The predicted octanol–water partition coefficient (Wildman–Crippen LogP) is 1.39. The molecule has 3 N–H and O–H groups in total. The van der Waals surface area contributed by atoms with E-state index in [0.29, 0.717) is 5.56 Å². The molecule has 1 aromatic rings. The van der Waals surface area contributed by atoms with Gasteiger partial charge < -0.3 is 15.4 Å². The van der Waals surface area contributed by atoms with Crippen molar-refractivity contribution in [2.24, 2.45) is 16.0 Å². The second-order valence-electron chi connectivity index (χ2n) is 3.76. The molecule has 0 bridgehead atoms. The number of hydrogen-bond acceptors (Lipinski definition) is 6. The zero-order chi connectivity index (χ0) is 15.0. The topological polar surface area (TPSA) is 117 Å². The fourth-order valence-electron chi connectivity index (χ4n) is 1.43. The van der Waals surface area contributed by atoms with Crippen LogP contribution in [-0.4, -0.2) is 24.4 Å².